The quantitative estimate of drug-likeness (QED) is 0.668. The molecule has 1 aliphatic carbocycles. The van der Waals surface area contributed by atoms with E-state index in [9.17, 15) is 9.59 Å². The maximum absolute atomic E-state index is 13.4. The predicted molar refractivity (Wildman–Crippen MR) is 117 cm³/mol. The van der Waals surface area contributed by atoms with Gasteiger partial charge in [0.1, 0.15) is 5.76 Å². The molecule has 1 aliphatic heterocycles. The third-order valence-electron chi connectivity index (χ3n) is 6.60. The first-order chi connectivity index (χ1) is 15.0. The highest BCUT2D eigenvalue weighted by molar-refractivity contribution is 6.03. The Bertz CT molecular complexity index is 977. The van der Waals surface area contributed by atoms with Crippen molar-refractivity contribution in [1.29, 1.82) is 0 Å². The molecule has 0 radical (unpaired) electrons. The van der Waals surface area contributed by atoms with Gasteiger partial charge in [0.25, 0.3) is 5.91 Å². The number of carbonyl (C=O) groups is 2. The summed E-state index contributed by atoms with van der Waals surface area (Å²) in [7, 11) is 3.27. The summed E-state index contributed by atoms with van der Waals surface area (Å²) in [6.45, 7) is 2.58. The van der Waals surface area contributed by atoms with Crippen LogP contribution >= 0.6 is 0 Å². The number of ketones is 1. The fraction of sp³-hybridized carbons (Fsp3) is 0.520. The lowest BCUT2D eigenvalue weighted by molar-refractivity contribution is 0.0566. The first-order valence-corrected chi connectivity index (χ1v) is 11.2. The molecular weight excluding hydrogens is 394 g/mol. The third-order valence-corrected chi connectivity index (χ3v) is 6.60. The van der Waals surface area contributed by atoms with E-state index in [2.05, 4.69) is 0 Å². The Morgan fingerprint density at radius 1 is 1.13 bits per heavy atom. The lowest BCUT2D eigenvalue weighted by Gasteiger charge is -2.35. The van der Waals surface area contributed by atoms with E-state index in [0.29, 0.717) is 34.8 Å². The number of hydrogen-bond acceptors (Lipinski definition) is 5. The molecule has 1 aromatic carbocycles. The van der Waals surface area contributed by atoms with Crippen molar-refractivity contribution in [2.75, 3.05) is 20.8 Å². The van der Waals surface area contributed by atoms with Crippen LogP contribution in [0.5, 0.6) is 11.5 Å². The predicted octanol–water partition coefficient (Wildman–Crippen LogP) is 4.75. The Labute approximate surface area is 183 Å². The summed E-state index contributed by atoms with van der Waals surface area (Å²) in [4.78, 5) is 27.7. The number of piperidine rings is 1. The maximum Gasteiger partial charge on any atom is 0.290 e. The van der Waals surface area contributed by atoms with Gasteiger partial charge in [-0.25, -0.2) is 0 Å². The van der Waals surface area contributed by atoms with Gasteiger partial charge in [-0.2, -0.15) is 0 Å². The van der Waals surface area contributed by atoms with Crippen LogP contribution in [0.2, 0.25) is 0 Å². The van der Waals surface area contributed by atoms with E-state index in [1.54, 1.807) is 14.2 Å². The lowest BCUT2D eigenvalue weighted by Crippen LogP contribution is -2.44. The molecule has 0 bridgehead atoms. The molecule has 0 saturated carbocycles. The average Bonchev–Trinajstić information content (AvgIpc) is 3.14. The first-order valence-electron chi connectivity index (χ1n) is 11.2. The van der Waals surface area contributed by atoms with E-state index < -0.39 is 0 Å². The second-order valence-corrected chi connectivity index (χ2v) is 8.51. The van der Waals surface area contributed by atoms with Gasteiger partial charge in [-0.1, -0.05) is 6.07 Å². The zero-order valence-corrected chi connectivity index (χ0v) is 18.7. The highest BCUT2D eigenvalue weighted by Crippen LogP contribution is 2.33. The Morgan fingerprint density at radius 2 is 1.94 bits per heavy atom. The number of fused-ring (bicyclic) bond motifs is 1. The van der Waals surface area contributed by atoms with E-state index in [-0.39, 0.29) is 17.7 Å². The van der Waals surface area contributed by atoms with Crippen molar-refractivity contribution in [3.8, 4) is 11.5 Å². The summed E-state index contributed by atoms with van der Waals surface area (Å²) >= 11 is 0. The number of benzene rings is 1. The number of rotatable bonds is 6. The normalized spacial score (nSPS) is 18.6. The Morgan fingerprint density at radius 3 is 2.68 bits per heavy atom. The number of carbonyl (C=O) groups excluding carboxylic acids is 2. The van der Waals surface area contributed by atoms with Gasteiger partial charge in [-0.15, -0.1) is 0 Å². The van der Waals surface area contributed by atoms with Crippen molar-refractivity contribution in [1.82, 2.24) is 4.90 Å². The lowest BCUT2D eigenvalue weighted by atomic mass is 9.93. The number of aryl methyl sites for hydroxylation is 2. The molecule has 31 heavy (non-hydrogen) atoms. The summed E-state index contributed by atoms with van der Waals surface area (Å²) in [5, 5.41) is 0. The first kappa shape index (κ1) is 21.5. The van der Waals surface area contributed by atoms with Crippen LogP contribution in [0.25, 0.3) is 0 Å². The van der Waals surface area contributed by atoms with Crippen LogP contribution in [0.4, 0.5) is 0 Å². The second-order valence-electron chi connectivity index (χ2n) is 8.51. The molecule has 1 unspecified atom stereocenters. The van der Waals surface area contributed by atoms with Gasteiger partial charge in [0.2, 0.25) is 0 Å². The summed E-state index contributed by atoms with van der Waals surface area (Å²) in [6, 6.07) is 6.13. The molecule has 1 aromatic heterocycles. The molecular formula is C25H31NO5. The minimum atomic E-state index is -0.0725. The van der Waals surface area contributed by atoms with Crippen molar-refractivity contribution in [2.45, 2.75) is 64.3 Å². The maximum atomic E-state index is 13.4. The number of likely N-dealkylation sites (tertiary alicyclic amines) is 1. The second kappa shape index (κ2) is 9.16. The molecule has 1 amide bonds. The zero-order chi connectivity index (χ0) is 22.0. The van der Waals surface area contributed by atoms with Crippen molar-refractivity contribution < 1.29 is 23.5 Å². The number of Topliss-reactive ketones (excluding diaryl/α,β-unsaturated/α-hetero) is 1. The molecule has 1 atom stereocenters. The standard InChI is InChI=1S/C25H31NO5/c1-16-23-19(27)8-6-9-21(23)31-24(16)25(28)26-14-5-4-7-18(26)12-10-17-11-13-20(29-2)22(15-17)30-3/h11,13,15,18H,4-10,12,14H2,1-3H3. The van der Waals surface area contributed by atoms with Crippen LogP contribution in [-0.2, 0) is 12.8 Å². The van der Waals surface area contributed by atoms with E-state index in [1.807, 2.05) is 30.0 Å². The fourth-order valence-corrected chi connectivity index (χ4v) is 4.92. The summed E-state index contributed by atoms with van der Waals surface area (Å²) in [5.74, 6) is 2.52. The highest BCUT2D eigenvalue weighted by Gasteiger charge is 2.34. The number of nitrogens with zero attached hydrogens (tertiary/aromatic N) is 1. The summed E-state index contributed by atoms with van der Waals surface area (Å²) in [6.07, 6.45) is 6.89. The van der Waals surface area contributed by atoms with Gasteiger partial charge >= 0.3 is 0 Å². The summed E-state index contributed by atoms with van der Waals surface area (Å²) < 4.78 is 16.7. The number of amides is 1. The molecule has 166 valence electrons. The molecule has 2 aromatic rings. The molecule has 2 heterocycles. The molecule has 2 aliphatic rings. The van der Waals surface area contributed by atoms with Crippen molar-refractivity contribution in [3.63, 3.8) is 0 Å². The summed E-state index contributed by atoms with van der Waals surface area (Å²) in [5.41, 5.74) is 2.52. The van der Waals surface area contributed by atoms with Gasteiger partial charge in [-0.3, -0.25) is 9.59 Å². The monoisotopic (exact) mass is 425 g/mol. The van der Waals surface area contributed by atoms with Crippen LogP contribution in [0.3, 0.4) is 0 Å². The third kappa shape index (κ3) is 4.21. The molecule has 4 rings (SSSR count). The molecule has 1 saturated heterocycles. The Hall–Kier alpha value is -2.76. The van der Waals surface area contributed by atoms with E-state index in [1.165, 1.54) is 0 Å². The van der Waals surface area contributed by atoms with Gasteiger partial charge < -0.3 is 18.8 Å². The van der Waals surface area contributed by atoms with Crippen molar-refractivity contribution >= 4 is 11.7 Å². The molecule has 1 fully saturated rings. The van der Waals surface area contributed by atoms with E-state index in [4.69, 9.17) is 13.9 Å². The van der Waals surface area contributed by atoms with Crippen molar-refractivity contribution in [2.24, 2.45) is 0 Å². The van der Waals surface area contributed by atoms with E-state index >= 15 is 0 Å². The van der Waals surface area contributed by atoms with E-state index in [0.717, 1.165) is 62.8 Å². The highest BCUT2D eigenvalue weighted by atomic mass is 16.5. The van der Waals surface area contributed by atoms with Gasteiger partial charge in [0.05, 0.1) is 19.8 Å². The zero-order valence-electron chi connectivity index (χ0n) is 18.7. The molecule has 0 spiro atoms. The number of methoxy groups -OCH3 is 2. The molecule has 6 heteroatoms. The van der Waals surface area contributed by atoms with Crippen LogP contribution in [0.1, 0.15) is 76.3 Å². The minimum Gasteiger partial charge on any atom is -0.493 e. The number of furan rings is 1. The topological polar surface area (TPSA) is 69.0 Å². The van der Waals surface area contributed by atoms with Gasteiger partial charge in [-0.05, 0) is 63.1 Å². The van der Waals surface area contributed by atoms with Crippen LogP contribution in [0.15, 0.2) is 22.6 Å². The smallest absolute Gasteiger partial charge is 0.290 e. The average molecular weight is 426 g/mol. The number of hydrogen-bond donors (Lipinski definition) is 0. The van der Waals surface area contributed by atoms with Crippen LogP contribution in [0, 0.1) is 6.92 Å². The Balaban J connectivity index is 1.50. The van der Waals surface area contributed by atoms with Crippen molar-refractivity contribution in [3.05, 3.63) is 46.4 Å². The largest absolute Gasteiger partial charge is 0.493 e. The number of ether oxygens (including phenoxy) is 2. The SMILES string of the molecule is COc1ccc(CCC2CCCCN2C(=O)c2oc3c(c2C)C(=O)CCC3)cc1OC. The fourth-order valence-electron chi connectivity index (χ4n) is 4.92. The van der Waals surface area contributed by atoms with Crippen LogP contribution in [-0.4, -0.2) is 43.4 Å². The van der Waals surface area contributed by atoms with Gasteiger partial charge in [0, 0.05) is 31.0 Å². The Kier molecular flexibility index (Phi) is 6.35. The van der Waals surface area contributed by atoms with Crippen LogP contribution < -0.4 is 9.47 Å². The molecule has 6 nitrogen and oxygen atoms in total. The minimum absolute atomic E-state index is 0.0725. The molecule has 0 N–H and O–H groups in total. The van der Waals surface area contributed by atoms with Gasteiger partial charge in [0.15, 0.2) is 23.0 Å².